The van der Waals surface area contributed by atoms with Gasteiger partial charge in [0, 0.05) is 50.9 Å². The van der Waals surface area contributed by atoms with Crippen molar-refractivity contribution in [3.8, 4) is 0 Å². The Morgan fingerprint density at radius 3 is 2.69 bits per heavy atom. The number of aliphatic imine (C=N–C) groups is 1. The molecule has 1 N–H and O–H groups in total. The monoisotopic (exact) mass is 493 g/mol. The molecule has 1 aromatic rings. The molecule has 2 saturated heterocycles. The van der Waals surface area contributed by atoms with Gasteiger partial charge in [0.1, 0.15) is 11.1 Å². The summed E-state index contributed by atoms with van der Waals surface area (Å²) in [5, 5.41) is 4.46. The first-order valence-corrected chi connectivity index (χ1v) is 9.82. The van der Waals surface area contributed by atoms with Crippen LogP contribution in [0.1, 0.15) is 29.7 Å². The SMILES string of the molecule is CCc1cnc(CNC(=NC)N2CCN(C(=O)C3CCCO3)CC2)s1.I. The second-order valence-corrected chi connectivity index (χ2v) is 7.49. The van der Waals surface area contributed by atoms with Gasteiger partial charge in [-0.25, -0.2) is 4.98 Å². The molecular weight excluding hydrogens is 465 g/mol. The molecular formula is C17H28IN5O2S. The van der Waals surface area contributed by atoms with Crippen LogP contribution in [0, 0.1) is 0 Å². The van der Waals surface area contributed by atoms with Crippen molar-refractivity contribution in [3.63, 3.8) is 0 Å². The van der Waals surface area contributed by atoms with E-state index in [9.17, 15) is 4.79 Å². The molecule has 2 aliphatic rings. The highest BCUT2D eigenvalue weighted by Gasteiger charge is 2.30. The van der Waals surface area contributed by atoms with Crippen LogP contribution in [-0.4, -0.2) is 72.6 Å². The molecule has 2 aliphatic heterocycles. The zero-order valence-corrected chi connectivity index (χ0v) is 18.6. The summed E-state index contributed by atoms with van der Waals surface area (Å²) >= 11 is 1.74. The van der Waals surface area contributed by atoms with Crippen LogP contribution in [0.4, 0.5) is 0 Å². The summed E-state index contributed by atoms with van der Waals surface area (Å²) in [5.41, 5.74) is 0. The number of halogens is 1. The van der Waals surface area contributed by atoms with Crippen LogP contribution < -0.4 is 5.32 Å². The minimum atomic E-state index is -0.221. The number of amides is 1. The van der Waals surface area contributed by atoms with Crippen molar-refractivity contribution >= 4 is 47.2 Å². The van der Waals surface area contributed by atoms with Gasteiger partial charge in [0.15, 0.2) is 5.96 Å². The van der Waals surface area contributed by atoms with Crippen LogP contribution in [0.15, 0.2) is 11.2 Å². The topological polar surface area (TPSA) is 70.1 Å². The zero-order valence-electron chi connectivity index (χ0n) is 15.4. The second-order valence-electron chi connectivity index (χ2n) is 6.29. The highest BCUT2D eigenvalue weighted by molar-refractivity contribution is 14.0. The summed E-state index contributed by atoms with van der Waals surface area (Å²) in [5.74, 6) is 1.02. The third-order valence-electron chi connectivity index (χ3n) is 4.66. The maximum Gasteiger partial charge on any atom is 0.251 e. The van der Waals surface area contributed by atoms with Crippen molar-refractivity contribution in [1.29, 1.82) is 0 Å². The van der Waals surface area contributed by atoms with Crippen LogP contribution in [0.25, 0.3) is 0 Å². The molecule has 7 nitrogen and oxygen atoms in total. The Kier molecular flexibility index (Phi) is 8.55. The Bertz CT molecular complexity index is 610. The number of aryl methyl sites for hydroxylation is 1. The fraction of sp³-hybridized carbons (Fsp3) is 0.706. The average Bonchev–Trinajstić information content (AvgIpc) is 3.34. The summed E-state index contributed by atoms with van der Waals surface area (Å²) in [6.45, 7) is 6.55. The largest absolute Gasteiger partial charge is 0.368 e. The van der Waals surface area contributed by atoms with Gasteiger partial charge in [-0.05, 0) is 19.3 Å². The summed E-state index contributed by atoms with van der Waals surface area (Å²) in [7, 11) is 1.80. The Morgan fingerprint density at radius 1 is 1.38 bits per heavy atom. The lowest BCUT2D eigenvalue weighted by molar-refractivity contribution is -0.142. The van der Waals surface area contributed by atoms with Gasteiger partial charge in [-0.1, -0.05) is 6.92 Å². The molecule has 0 radical (unpaired) electrons. The maximum absolute atomic E-state index is 12.4. The molecule has 1 atom stereocenters. The first-order chi connectivity index (χ1) is 12.2. The fourth-order valence-corrected chi connectivity index (χ4v) is 4.00. The summed E-state index contributed by atoms with van der Waals surface area (Å²) in [6, 6.07) is 0. The molecule has 2 fully saturated rings. The lowest BCUT2D eigenvalue weighted by Crippen LogP contribution is -2.55. The third kappa shape index (κ3) is 5.29. The standard InChI is InChI=1S/C17H27N5O2S.HI/c1-3-13-11-19-15(25-13)12-20-17(18-2)22-8-6-21(7-9-22)16(23)14-5-4-10-24-14;/h11,14H,3-10,12H2,1-2H3,(H,18,20);1H. The number of rotatable bonds is 4. The molecule has 1 aromatic heterocycles. The summed E-state index contributed by atoms with van der Waals surface area (Å²) < 4.78 is 5.52. The van der Waals surface area contributed by atoms with Crippen molar-refractivity contribution < 1.29 is 9.53 Å². The van der Waals surface area contributed by atoms with Gasteiger partial charge < -0.3 is 19.9 Å². The number of guanidine groups is 1. The third-order valence-corrected chi connectivity index (χ3v) is 5.80. The van der Waals surface area contributed by atoms with E-state index in [0.717, 1.165) is 56.4 Å². The van der Waals surface area contributed by atoms with Crippen molar-refractivity contribution in [1.82, 2.24) is 20.1 Å². The second kappa shape index (κ2) is 10.4. The fourth-order valence-electron chi connectivity index (χ4n) is 3.19. The van der Waals surface area contributed by atoms with Gasteiger partial charge in [0.25, 0.3) is 5.91 Å². The van der Waals surface area contributed by atoms with E-state index in [2.05, 4.69) is 27.1 Å². The van der Waals surface area contributed by atoms with Crippen LogP contribution in [-0.2, 0) is 22.5 Å². The average molecular weight is 493 g/mol. The summed E-state index contributed by atoms with van der Waals surface area (Å²) in [4.78, 5) is 26.7. The number of ether oxygens (including phenoxy) is 1. The number of aromatic nitrogens is 1. The number of nitrogens with one attached hydrogen (secondary N) is 1. The normalized spacial score (nSPS) is 20.8. The first kappa shape index (κ1) is 21.4. The minimum Gasteiger partial charge on any atom is -0.368 e. The number of carbonyl (C=O) groups is 1. The van der Waals surface area contributed by atoms with Crippen LogP contribution in [0.2, 0.25) is 0 Å². The van der Waals surface area contributed by atoms with E-state index >= 15 is 0 Å². The van der Waals surface area contributed by atoms with Crippen molar-refractivity contribution in [3.05, 3.63) is 16.1 Å². The Morgan fingerprint density at radius 2 is 2.12 bits per heavy atom. The van der Waals surface area contributed by atoms with Crippen LogP contribution in [0.3, 0.4) is 0 Å². The van der Waals surface area contributed by atoms with Crippen molar-refractivity contribution in [2.24, 2.45) is 4.99 Å². The lowest BCUT2D eigenvalue weighted by Gasteiger charge is -2.37. The molecule has 0 spiro atoms. The Hall–Kier alpha value is -0.940. The zero-order chi connectivity index (χ0) is 17.6. The Labute approximate surface area is 176 Å². The highest BCUT2D eigenvalue weighted by atomic mass is 127. The minimum absolute atomic E-state index is 0. The predicted octanol–water partition coefficient (Wildman–Crippen LogP) is 1.72. The first-order valence-electron chi connectivity index (χ1n) is 9.00. The van der Waals surface area contributed by atoms with E-state index in [4.69, 9.17) is 4.74 Å². The predicted molar refractivity (Wildman–Crippen MR) is 114 cm³/mol. The molecule has 0 aromatic carbocycles. The van der Waals surface area contributed by atoms with Crippen molar-refractivity contribution in [2.45, 2.75) is 38.8 Å². The molecule has 0 saturated carbocycles. The Balaban J connectivity index is 0.00000243. The van der Waals surface area contributed by atoms with E-state index in [-0.39, 0.29) is 36.0 Å². The molecule has 3 rings (SSSR count). The molecule has 9 heteroatoms. The number of carbonyl (C=O) groups excluding carboxylic acids is 1. The van der Waals surface area contributed by atoms with Gasteiger partial charge in [0.05, 0.1) is 6.54 Å². The van der Waals surface area contributed by atoms with Gasteiger partial charge >= 0.3 is 0 Å². The van der Waals surface area contributed by atoms with Gasteiger partial charge in [-0.3, -0.25) is 9.79 Å². The van der Waals surface area contributed by atoms with Crippen LogP contribution in [0.5, 0.6) is 0 Å². The van der Waals surface area contributed by atoms with E-state index in [1.54, 1.807) is 18.4 Å². The van der Waals surface area contributed by atoms with E-state index in [1.165, 1.54) is 4.88 Å². The lowest BCUT2D eigenvalue weighted by atomic mass is 10.2. The number of hydrogen-bond donors (Lipinski definition) is 1. The quantitative estimate of drug-likeness (QED) is 0.393. The molecule has 1 unspecified atom stereocenters. The number of hydrogen-bond acceptors (Lipinski definition) is 5. The number of thiazole rings is 1. The van der Waals surface area contributed by atoms with Gasteiger partial charge in [-0.15, -0.1) is 35.3 Å². The van der Waals surface area contributed by atoms with Crippen LogP contribution >= 0.6 is 35.3 Å². The molecule has 0 bridgehead atoms. The van der Waals surface area contributed by atoms with E-state index < -0.39 is 0 Å². The maximum atomic E-state index is 12.4. The molecule has 0 aliphatic carbocycles. The van der Waals surface area contributed by atoms with E-state index in [1.807, 2.05) is 11.1 Å². The van der Waals surface area contributed by atoms with E-state index in [0.29, 0.717) is 13.2 Å². The summed E-state index contributed by atoms with van der Waals surface area (Å²) in [6.07, 6.45) is 4.59. The smallest absolute Gasteiger partial charge is 0.251 e. The molecule has 1 amide bonds. The van der Waals surface area contributed by atoms with Crippen molar-refractivity contribution in [2.75, 3.05) is 39.8 Å². The molecule has 26 heavy (non-hydrogen) atoms. The molecule has 3 heterocycles. The highest BCUT2D eigenvalue weighted by Crippen LogP contribution is 2.16. The van der Waals surface area contributed by atoms with Gasteiger partial charge in [0.2, 0.25) is 0 Å². The number of piperazine rings is 1. The number of nitrogens with zero attached hydrogens (tertiary/aromatic N) is 4. The molecule has 146 valence electrons. The van der Waals surface area contributed by atoms with Gasteiger partial charge in [-0.2, -0.15) is 0 Å².